The van der Waals surface area contributed by atoms with Crippen molar-refractivity contribution in [2.45, 2.75) is 143 Å². The predicted molar refractivity (Wildman–Crippen MR) is 166 cm³/mol. The van der Waals surface area contributed by atoms with Crippen molar-refractivity contribution in [3.8, 4) is 0 Å². The van der Waals surface area contributed by atoms with E-state index in [1.54, 1.807) is 0 Å². The molecule has 6 rings (SSSR count). The van der Waals surface area contributed by atoms with E-state index in [0.29, 0.717) is 25.7 Å². The van der Waals surface area contributed by atoms with Gasteiger partial charge in [0.05, 0.1) is 11.5 Å². The summed E-state index contributed by atoms with van der Waals surface area (Å²) in [6.45, 7) is 15.3. The zero-order valence-electron chi connectivity index (χ0n) is 28.4. The number of rotatable bonds is 4. The van der Waals surface area contributed by atoms with Gasteiger partial charge in [-0.1, -0.05) is 47.1 Å². The zero-order chi connectivity index (χ0) is 34.0. The van der Waals surface area contributed by atoms with Crippen molar-refractivity contribution in [1.29, 1.82) is 0 Å². The Hall–Kier alpha value is -1.85. The third-order valence-corrected chi connectivity index (χ3v) is 15.1. The van der Waals surface area contributed by atoms with Crippen LogP contribution >= 0.6 is 0 Å². The molecule has 5 N–H and O–H groups in total. The highest BCUT2D eigenvalue weighted by atomic mass is 16.7. The highest BCUT2D eigenvalue weighted by Gasteiger charge is 2.70. The Morgan fingerprint density at radius 2 is 1.50 bits per heavy atom. The fraction of sp³-hybridized carbons (Fsp3) is 0.861. The number of carbonyl (C=O) groups excluding carboxylic acids is 1. The number of aliphatic hydroxyl groups is 3. The molecule has 0 bridgehead atoms. The number of aliphatic hydroxyl groups excluding tert-OH is 3. The Kier molecular flexibility index (Phi) is 7.82. The minimum atomic E-state index is -1.79. The van der Waals surface area contributed by atoms with Crippen molar-refractivity contribution >= 4 is 17.7 Å². The van der Waals surface area contributed by atoms with Crippen LogP contribution in [-0.4, -0.2) is 80.1 Å². The predicted octanol–water partition coefficient (Wildman–Crippen LogP) is 4.33. The first-order chi connectivity index (χ1) is 21.2. The summed E-state index contributed by atoms with van der Waals surface area (Å²) in [6, 6.07) is 0. The Morgan fingerprint density at radius 3 is 2.13 bits per heavy atom. The van der Waals surface area contributed by atoms with Gasteiger partial charge in [0.25, 0.3) is 0 Å². The Labute approximate surface area is 271 Å². The molecular weight excluding hydrogens is 592 g/mol. The fourth-order valence-electron chi connectivity index (χ4n) is 11.9. The minimum Gasteiger partial charge on any atom is -0.481 e. The molecule has 4 saturated carbocycles. The normalized spacial score (nSPS) is 53.1. The summed E-state index contributed by atoms with van der Waals surface area (Å²) in [5.41, 5.74) is -1.03. The van der Waals surface area contributed by atoms with Crippen LogP contribution in [0.2, 0.25) is 0 Å². The van der Waals surface area contributed by atoms with Gasteiger partial charge in [0, 0.05) is 5.92 Å². The summed E-state index contributed by atoms with van der Waals surface area (Å²) in [6.07, 6.45) is 0.183. The molecule has 0 unspecified atom stereocenters. The van der Waals surface area contributed by atoms with Gasteiger partial charge < -0.3 is 35.0 Å². The van der Waals surface area contributed by atoms with E-state index in [4.69, 9.17) is 9.47 Å². The van der Waals surface area contributed by atoms with Crippen LogP contribution in [0, 0.1) is 50.2 Å². The highest BCUT2D eigenvalue weighted by Crippen LogP contribution is 2.75. The molecule has 14 atom stereocenters. The van der Waals surface area contributed by atoms with Gasteiger partial charge in [-0.25, -0.2) is 4.79 Å². The summed E-state index contributed by atoms with van der Waals surface area (Å²) in [5, 5.41) is 50.9. The van der Waals surface area contributed by atoms with E-state index in [9.17, 15) is 39.9 Å². The van der Waals surface area contributed by atoms with Crippen LogP contribution in [0.25, 0.3) is 0 Å². The standard InChI is InChI=1S/C36H54O10/c1-31(2)21-8-11-36(7)27(34(21,5)10-9-22(31)45-29-25(40)23(38)24(39)26(46-29)28(41)42)20(37)16-18-19-17-33(4,30(43)44)13-12-32(19,3)14-15-35(18,36)6/h16,19,21-27,29,38-40H,8-15,17H2,1-7H3,(H,41,42)(H,43,44)/t19-,21+,22+,23+,24+,25-,26+,27-,29-,32-,33+,34+,35-,36-/m1/s1. The third kappa shape index (κ3) is 4.49. The van der Waals surface area contributed by atoms with Crippen LogP contribution in [0.15, 0.2) is 11.6 Å². The number of carboxylic acid groups (broad SMARTS) is 2. The Morgan fingerprint density at radius 1 is 0.848 bits per heavy atom. The second-order valence-electron chi connectivity index (χ2n) is 17.8. The SMILES string of the molecule is CC1(C)[C@@H](O[C@@H]2O[C@H](C(=O)O)[C@@H](O)[C@H](O)[C@H]2O)CC[C@]2(C)[C@H]3C(=O)C=C4[C@H]5C[C@@](C)(C(=O)O)CC[C@]5(C)CC[C@@]4(C)[C@]3(C)CC[C@@H]12. The molecule has 46 heavy (non-hydrogen) atoms. The quantitative estimate of drug-likeness (QED) is 0.277. The van der Waals surface area contributed by atoms with Gasteiger partial charge in [-0.15, -0.1) is 0 Å². The molecule has 0 amide bonds. The van der Waals surface area contributed by atoms with E-state index < -0.39 is 59.6 Å². The largest absolute Gasteiger partial charge is 0.481 e. The third-order valence-electron chi connectivity index (χ3n) is 15.1. The van der Waals surface area contributed by atoms with Crippen molar-refractivity contribution in [3.05, 3.63) is 11.6 Å². The molecule has 10 nitrogen and oxygen atoms in total. The lowest BCUT2D eigenvalue weighted by atomic mass is 9.33. The lowest BCUT2D eigenvalue weighted by molar-refractivity contribution is -0.323. The maximum absolute atomic E-state index is 14.6. The van der Waals surface area contributed by atoms with E-state index in [1.165, 1.54) is 5.57 Å². The molecule has 0 aromatic heterocycles. The minimum absolute atomic E-state index is 0.0166. The van der Waals surface area contributed by atoms with Crippen molar-refractivity contribution in [2.24, 2.45) is 50.2 Å². The van der Waals surface area contributed by atoms with Crippen molar-refractivity contribution in [2.75, 3.05) is 0 Å². The van der Waals surface area contributed by atoms with E-state index in [0.717, 1.165) is 32.1 Å². The Bertz CT molecular complexity index is 1340. The number of ether oxygens (including phenoxy) is 2. The van der Waals surface area contributed by atoms with Gasteiger partial charge in [-0.05, 0) is 110 Å². The molecule has 0 aromatic rings. The van der Waals surface area contributed by atoms with Crippen LogP contribution in [0.3, 0.4) is 0 Å². The van der Waals surface area contributed by atoms with E-state index in [-0.39, 0.29) is 45.2 Å². The topological polar surface area (TPSA) is 171 Å². The van der Waals surface area contributed by atoms with Crippen LogP contribution in [0.4, 0.5) is 0 Å². The number of aliphatic carboxylic acids is 2. The van der Waals surface area contributed by atoms with Gasteiger partial charge in [0.1, 0.15) is 18.3 Å². The number of ketones is 1. The number of allylic oxidation sites excluding steroid dienone is 2. The fourth-order valence-corrected chi connectivity index (χ4v) is 11.9. The zero-order valence-corrected chi connectivity index (χ0v) is 28.4. The summed E-state index contributed by atoms with van der Waals surface area (Å²) < 4.78 is 11.8. The van der Waals surface area contributed by atoms with Crippen molar-refractivity contribution in [1.82, 2.24) is 0 Å². The summed E-state index contributed by atoms with van der Waals surface area (Å²) >= 11 is 0. The van der Waals surface area contributed by atoms with Crippen LogP contribution < -0.4 is 0 Å². The van der Waals surface area contributed by atoms with Gasteiger partial charge >= 0.3 is 11.9 Å². The van der Waals surface area contributed by atoms with Crippen molar-refractivity contribution < 1.29 is 49.4 Å². The first-order valence-electron chi connectivity index (χ1n) is 17.2. The molecule has 6 aliphatic rings. The average molecular weight is 647 g/mol. The van der Waals surface area contributed by atoms with E-state index >= 15 is 0 Å². The molecule has 5 fully saturated rings. The highest BCUT2D eigenvalue weighted by molar-refractivity contribution is 5.95. The van der Waals surface area contributed by atoms with Crippen LogP contribution in [0.5, 0.6) is 0 Å². The van der Waals surface area contributed by atoms with E-state index in [2.05, 4.69) is 41.5 Å². The summed E-state index contributed by atoms with van der Waals surface area (Å²) in [4.78, 5) is 38.7. The van der Waals surface area contributed by atoms with Gasteiger partial charge in [-0.3, -0.25) is 9.59 Å². The van der Waals surface area contributed by atoms with E-state index in [1.807, 2.05) is 13.0 Å². The molecule has 10 heteroatoms. The van der Waals surface area contributed by atoms with Gasteiger partial charge in [0.15, 0.2) is 18.2 Å². The molecule has 0 spiro atoms. The van der Waals surface area contributed by atoms with Crippen LogP contribution in [0.1, 0.15) is 106 Å². The second-order valence-corrected chi connectivity index (χ2v) is 17.8. The molecular formula is C36H54O10. The Balaban J connectivity index is 1.31. The monoisotopic (exact) mass is 646 g/mol. The van der Waals surface area contributed by atoms with Crippen molar-refractivity contribution in [3.63, 3.8) is 0 Å². The van der Waals surface area contributed by atoms with Gasteiger partial charge in [-0.2, -0.15) is 0 Å². The first kappa shape index (κ1) is 34.0. The molecule has 0 aromatic carbocycles. The number of hydrogen-bond donors (Lipinski definition) is 5. The number of carboxylic acids is 2. The van der Waals surface area contributed by atoms with Gasteiger partial charge in [0.2, 0.25) is 0 Å². The number of fused-ring (bicyclic) bond motifs is 7. The first-order valence-corrected chi connectivity index (χ1v) is 17.2. The number of hydrogen-bond acceptors (Lipinski definition) is 8. The maximum Gasteiger partial charge on any atom is 0.335 e. The molecule has 1 heterocycles. The lowest BCUT2D eigenvalue weighted by Crippen LogP contribution is -2.67. The molecule has 5 aliphatic carbocycles. The molecule has 0 radical (unpaired) electrons. The second kappa shape index (κ2) is 10.6. The maximum atomic E-state index is 14.6. The average Bonchev–Trinajstić information content (AvgIpc) is 2.96. The van der Waals surface area contributed by atoms with Crippen LogP contribution in [-0.2, 0) is 23.9 Å². The lowest BCUT2D eigenvalue weighted by Gasteiger charge is -2.70. The molecule has 1 aliphatic heterocycles. The number of carbonyl (C=O) groups is 3. The molecule has 258 valence electrons. The molecule has 1 saturated heterocycles. The summed E-state index contributed by atoms with van der Waals surface area (Å²) in [5.74, 6) is -2.15. The smallest absolute Gasteiger partial charge is 0.335 e. The summed E-state index contributed by atoms with van der Waals surface area (Å²) in [7, 11) is 0.